The maximum atomic E-state index is 12.9. The molecule has 2 aromatic heterocycles. The molecule has 0 atom stereocenters. The van der Waals surface area contributed by atoms with Gasteiger partial charge in [0, 0.05) is 35.9 Å². The molecule has 310 valence electrons. The number of nitrogens with zero attached hydrogens (tertiary/aromatic N) is 3. The SMILES string of the molecule is CC(C)OC(=O)c1cc(-n2c(=O)cc(C(F)(F)F)n(C)c2=O)ccc1Cl.CS(=O)(=O)c1cc(Cl)ccc1C(=O)c1cnoc1C1CC1.O=C(O)CNCP(=O)(O)O. The second-order valence-corrected chi connectivity index (χ2v) is 16.9. The lowest BCUT2D eigenvalue weighted by Crippen LogP contribution is -2.40. The van der Waals surface area contributed by atoms with E-state index in [9.17, 15) is 50.1 Å². The van der Waals surface area contributed by atoms with Crippen LogP contribution in [0, 0.1) is 0 Å². The van der Waals surface area contributed by atoms with E-state index in [0.717, 1.165) is 32.2 Å². The number of ketones is 1. The quantitative estimate of drug-likeness (QED) is 0.0925. The number of halogens is 5. The number of esters is 1. The topological polar surface area (TPSA) is 254 Å². The highest BCUT2D eigenvalue weighted by Crippen LogP contribution is 2.42. The summed E-state index contributed by atoms with van der Waals surface area (Å²) in [6, 6.07) is 8.11. The second kappa shape index (κ2) is 18.8. The molecule has 1 aliphatic carbocycles. The first-order chi connectivity index (χ1) is 26.2. The average Bonchev–Trinajstić information content (AvgIpc) is 3.80. The van der Waals surface area contributed by atoms with E-state index in [1.54, 1.807) is 13.8 Å². The number of carbonyl (C=O) groups excluding carboxylic acids is 2. The normalized spacial score (nSPS) is 12.9. The van der Waals surface area contributed by atoms with E-state index in [4.69, 9.17) is 47.4 Å². The van der Waals surface area contributed by atoms with E-state index >= 15 is 0 Å². The van der Waals surface area contributed by atoms with Gasteiger partial charge >= 0.3 is 31.4 Å². The Labute approximate surface area is 331 Å². The largest absolute Gasteiger partial charge is 0.480 e. The van der Waals surface area contributed by atoms with Gasteiger partial charge in [0.25, 0.3) is 5.56 Å². The van der Waals surface area contributed by atoms with Gasteiger partial charge in [-0.1, -0.05) is 28.4 Å². The van der Waals surface area contributed by atoms with Crippen LogP contribution in [0.4, 0.5) is 13.2 Å². The van der Waals surface area contributed by atoms with E-state index in [2.05, 4.69) is 10.5 Å². The van der Waals surface area contributed by atoms with Crippen molar-refractivity contribution in [2.24, 2.45) is 7.05 Å². The van der Waals surface area contributed by atoms with Crippen molar-refractivity contribution in [3.05, 3.63) is 108 Å². The molecular formula is C33H34Cl2F3N4O13PS. The van der Waals surface area contributed by atoms with Crippen LogP contribution in [0.1, 0.15) is 70.3 Å². The van der Waals surface area contributed by atoms with E-state index in [0.29, 0.717) is 26.5 Å². The molecule has 5 rings (SSSR count). The molecule has 17 nitrogen and oxygen atoms in total. The summed E-state index contributed by atoms with van der Waals surface area (Å²) in [5.41, 5.74) is -3.59. The van der Waals surface area contributed by atoms with Crippen molar-refractivity contribution >= 4 is 58.4 Å². The zero-order valence-electron chi connectivity index (χ0n) is 30.1. The molecule has 24 heteroatoms. The highest BCUT2D eigenvalue weighted by Gasteiger charge is 2.36. The van der Waals surface area contributed by atoms with Gasteiger partial charge in [-0.25, -0.2) is 22.6 Å². The number of nitrogens with one attached hydrogen (secondary N) is 1. The molecule has 4 N–H and O–H groups in total. The van der Waals surface area contributed by atoms with Crippen molar-refractivity contribution in [2.45, 2.75) is 49.8 Å². The maximum absolute atomic E-state index is 12.9. The summed E-state index contributed by atoms with van der Waals surface area (Å²) in [5.74, 6) is -1.60. The number of aromatic nitrogens is 3. The van der Waals surface area contributed by atoms with Gasteiger partial charge in [0.15, 0.2) is 21.4 Å². The number of aliphatic carboxylic acids is 1. The predicted molar refractivity (Wildman–Crippen MR) is 197 cm³/mol. The van der Waals surface area contributed by atoms with E-state index in [1.807, 2.05) is 0 Å². The average molecular weight is 886 g/mol. The molecule has 1 fully saturated rings. The number of alkyl halides is 3. The molecule has 0 saturated heterocycles. The van der Waals surface area contributed by atoms with Crippen LogP contribution < -0.4 is 16.6 Å². The van der Waals surface area contributed by atoms with Crippen molar-refractivity contribution in [1.82, 2.24) is 19.6 Å². The van der Waals surface area contributed by atoms with Crippen molar-refractivity contribution < 1.29 is 64.7 Å². The van der Waals surface area contributed by atoms with Gasteiger partial charge in [0.1, 0.15) is 5.69 Å². The lowest BCUT2D eigenvalue weighted by atomic mass is 10.0. The van der Waals surface area contributed by atoms with Crippen LogP contribution >= 0.6 is 30.8 Å². The van der Waals surface area contributed by atoms with Gasteiger partial charge in [-0.2, -0.15) is 13.2 Å². The fraction of sp³-hybridized carbons (Fsp3) is 0.333. The van der Waals surface area contributed by atoms with Crippen molar-refractivity contribution in [1.29, 1.82) is 0 Å². The van der Waals surface area contributed by atoms with Crippen LogP contribution in [0.25, 0.3) is 5.69 Å². The first-order valence-electron chi connectivity index (χ1n) is 16.1. The number of carboxylic acids is 1. The highest BCUT2D eigenvalue weighted by atomic mass is 35.5. The summed E-state index contributed by atoms with van der Waals surface area (Å²) in [4.78, 5) is 75.1. The molecule has 0 amide bonds. The zero-order valence-corrected chi connectivity index (χ0v) is 33.3. The highest BCUT2D eigenvalue weighted by molar-refractivity contribution is 7.90. The summed E-state index contributed by atoms with van der Waals surface area (Å²) in [5, 5.41) is 14.0. The third-order valence-corrected chi connectivity index (χ3v) is 9.69. The minimum absolute atomic E-state index is 0.0104. The molecule has 4 aromatic rings. The van der Waals surface area contributed by atoms with Gasteiger partial charge in [0.2, 0.25) is 0 Å². The molecule has 0 spiro atoms. The minimum atomic E-state index is -4.86. The van der Waals surface area contributed by atoms with Crippen molar-refractivity contribution in [2.75, 3.05) is 19.1 Å². The summed E-state index contributed by atoms with van der Waals surface area (Å²) < 4.78 is 83.4. The number of ether oxygens (including phenoxy) is 1. The number of sulfone groups is 1. The Bertz CT molecular complexity index is 2440. The molecule has 1 aliphatic rings. The number of rotatable bonds is 11. The van der Waals surface area contributed by atoms with E-state index < -0.39 is 77.2 Å². The van der Waals surface area contributed by atoms with Gasteiger partial charge in [0.05, 0.1) is 51.9 Å². The lowest BCUT2D eigenvalue weighted by molar-refractivity contribution is -0.144. The van der Waals surface area contributed by atoms with Gasteiger partial charge < -0.3 is 24.2 Å². The van der Waals surface area contributed by atoms with Crippen molar-refractivity contribution in [3.8, 4) is 5.69 Å². The summed E-state index contributed by atoms with van der Waals surface area (Å²) in [6.45, 7) is 2.79. The molecule has 0 unspecified atom stereocenters. The van der Waals surface area contributed by atoms with Gasteiger partial charge in [-0.3, -0.25) is 28.8 Å². The van der Waals surface area contributed by atoms with Gasteiger partial charge in [-0.15, -0.1) is 0 Å². The number of benzene rings is 2. The number of hydrogen-bond acceptors (Lipinski definition) is 12. The second-order valence-electron chi connectivity index (χ2n) is 12.4. The minimum Gasteiger partial charge on any atom is -0.480 e. The van der Waals surface area contributed by atoms with Crippen LogP contribution in [-0.4, -0.2) is 80.5 Å². The van der Waals surface area contributed by atoms with E-state index in [1.165, 1.54) is 36.5 Å². The molecular weight excluding hydrogens is 851 g/mol. The molecule has 57 heavy (non-hydrogen) atoms. The van der Waals surface area contributed by atoms with E-state index in [-0.39, 0.29) is 37.7 Å². The fourth-order valence-corrected chi connectivity index (χ4v) is 6.46. The number of hydrogen-bond donors (Lipinski definition) is 4. The zero-order chi connectivity index (χ0) is 43.2. The monoisotopic (exact) mass is 884 g/mol. The Balaban J connectivity index is 0.000000251. The molecule has 2 heterocycles. The Kier molecular flexibility index (Phi) is 15.4. The van der Waals surface area contributed by atoms with Crippen LogP contribution in [0.15, 0.2) is 67.7 Å². The summed E-state index contributed by atoms with van der Waals surface area (Å²) in [6.07, 6.45) is -1.60. The van der Waals surface area contributed by atoms with Crippen molar-refractivity contribution in [3.63, 3.8) is 0 Å². The summed E-state index contributed by atoms with van der Waals surface area (Å²) >= 11 is 11.8. The number of carbonyl (C=O) groups is 3. The maximum Gasteiger partial charge on any atom is 0.431 e. The van der Waals surface area contributed by atoms with Crippen LogP contribution in [0.3, 0.4) is 0 Å². The summed E-state index contributed by atoms with van der Waals surface area (Å²) in [7, 11) is -6.77. The molecule has 2 aromatic carbocycles. The first kappa shape index (κ1) is 46.8. The lowest BCUT2D eigenvalue weighted by Gasteiger charge is -2.15. The third-order valence-electron chi connectivity index (χ3n) is 7.35. The Hall–Kier alpha value is -4.63. The van der Waals surface area contributed by atoms with Crippen LogP contribution in [0.2, 0.25) is 10.0 Å². The Morgan fingerprint density at radius 1 is 1.05 bits per heavy atom. The Morgan fingerprint density at radius 2 is 1.68 bits per heavy atom. The van der Waals surface area contributed by atoms with Crippen LogP contribution in [0.5, 0.6) is 0 Å². The molecule has 0 radical (unpaired) electrons. The molecule has 0 aliphatic heterocycles. The van der Waals surface area contributed by atoms with Gasteiger partial charge in [-0.05, 0) is 63.1 Å². The predicted octanol–water partition coefficient (Wildman–Crippen LogP) is 4.41. The fourth-order valence-electron chi connectivity index (χ4n) is 4.72. The first-order valence-corrected chi connectivity index (χ1v) is 20.5. The third kappa shape index (κ3) is 13.2. The standard InChI is InChI=1S/C16H14ClF3N2O4.C14H12ClNO4S.C3H8NO5P/c1-8(2)26-14(24)10-6-9(4-5-11(10)17)22-13(23)7-12(16(18,19)20)21(3)15(22)25;1-21(18,19)12-6-9(15)4-5-10(12)13(17)11-7-16-20-14(11)8-2-3-8;5-3(6)1-4-2-10(7,8)9/h4-8H,1-3H3;4-8H,2-3H2,1H3;4H,1-2H2,(H,5,6)(H2,7,8,9). The molecule has 0 bridgehead atoms. The molecule has 1 saturated carbocycles. The Morgan fingerprint density at radius 3 is 2.21 bits per heavy atom. The smallest absolute Gasteiger partial charge is 0.431 e. The number of carboxylic acid groups (broad SMARTS) is 1. The van der Waals surface area contributed by atoms with Crippen LogP contribution in [-0.2, 0) is 37.2 Å².